The summed E-state index contributed by atoms with van der Waals surface area (Å²) in [6.45, 7) is 2.22. The molecule has 2 heterocycles. The monoisotopic (exact) mass is 506 g/mol. The van der Waals surface area contributed by atoms with Gasteiger partial charge in [-0.3, -0.25) is 9.59 Å². The van der Waals surface area contributed by atoms with Gasteiger partial charge in [0, 0.05) is 26.6 Å². The van der Waals surface area contributed by atoms with Crippen molar-refractivity contribution < 1.29 is 19.1 Å². The zero-order valence-electron chi connectivity index (χ0n) is 21.5. The predicted molar refractivity (Wildman–Crippen MR) is 139 cm³/mol. The number of rotatable bonds is 10. The normalized spacial score (nSPS) is 18.1. The van der Waals surface area contributed by atoms with Gasteiger partial charge in [-0.05, 0) is 67.5 Å². The van der Waals surface area contributed by atoms with Crippen LogP contribution in [0.1, 0.15) is 37.3 Å². The minimum Gasteiger partial charge on any atom is -0.497 e. The lowest BCUT2D eigenvalue weighted by Gasteiger charge is -2.26. The molecule has 1 saturated heterocycles. The SMILES string of the molecule is COc1ccc(C[C@@H]2C[C@@H](C(=O)NCc3ccc4c(c3)nnn4C)N(C(=O)[C@H](N)CCC(C)=O)C2)cc1. The van der Waals surface area contributed by atoms with Gasteiger partial charge in [-0.1, -0.05) is 23.4 Å². The average molecular weight is 507 g/mol. The first-order chi connectivity index (χ1) is 17.7. The number of likely N-dealkylation sites (tertiary alicyclic amines) is 1. The highest BCUT2D eigenvalue weighted by Gasteiger charge is 2.40. The lowest BCUT2D eigenvalue weighted by atomic mass is 9.96. The number of fused-ring (bicyclic) bond motifs is 1. The summed E-state index contributed by atoms with van der Waals surface area (Å²) in [5.41, 5.74) is 9.81. The Morgan fingerprint density at radius 2 is 1.89 bits per heavy atom. The van der Waals surface area contributed by atoms with E-state index in [9.17, 15) is 14.4 Å². The maximum atomic E-state index is 13.3. The number of nitrogens with two attached hydrogens (primary N) is 1. The molecular weight excluding hydrogens is 472 g/mol. The van der Waals surface area contributed by atoms with Gasteiger partial charge in [0.15, 0.2) is 0 Å². The quantitative estimate of drug-likeness (QED) is 0.428. The number of ketones is 1. The van der Waals surface area contributed by atoms with Crippen LogP contribution in [0.3, 0.4) is 0 Å². The molecule has 196 valence electrons. The number of aromatic nitrogens is 3. The average Bonchev–Trinajstić information content (AvgIpc) is 3.49. The molecule has 2 aromatic carbocycles. The lowest BCUT2D eigenvalue weighted by Crippen LogP contribution is -2.51. The van der Waals surface area contributed by atoms with Crippen LogP contribution in [0, 0.1) is 5.92 Å². The first-order valence-electron chi connectivity index (χ1n) is 12.5. The minimum absolute atomic E-state index is 0.0172. The number of Topliss-reactive ketones (excluding diaryl/α,β-unsaturated/α-hetero) is 1. The van der Waals surface area contributed by atoms with Crippen LogP contribution in [0.5, 0.6) is 5.75 Å². The molecule has 1 fully saturated rings. The number of methoxy groups -OCH3 is 1. The summed E-state index contributed by atoms with van der Waals surface area (Å²) in [5.74, 6) is 0.351. The number of benzene rings is 2. The molecule has 1 aliphatic rings. The van der Waals surface area contributed by atoms with E-state index in [0.29, 0.717) is 19.5 Å². The van der Waals surface area contributed by atoms with E-state index < -0.39 is 12.1 Å². The second kappa shape index (κ2) is 11.5. The summed E-state index contributed by atoms with van der Waals surface area (Å²) < 4.78 is 6.93. The van der Waals surface area contributed by atoms with Crippen LogP contribution in [0.2, 0.25) is 0 Å². The number of ether oxygens (including phenoxy) is 1. The molecular formula is C27H34N6O4. The van der Waals surface area contributed by atoms with Crippen molar-refractivity contribution in [2.24, 2.45) is 18.7 Å². The van der Waals surface area contributed by atoms with Crippen molar-refractivity contribution in [3.63, 3.8) is 0 Å². The van der Waals surface area contributed by atoms with Gasteiger partial charge >= 0.3 is 0 Å². The first kappa shape index (κ1) is 26.3. The van der Waals surface area contributed by atoms with Gasteiger partial charge in [-0.15, -0.1) is 5.10 Å². The van der Waals surface area contributed by atoms with Gasteiger partial charge < -0.3 is 25.5 Å². The molecule has 3 N–H and O–H groups in total. The highest BCUT2D eigenvalue weighted by Crippen LogP contribution is 2.28. The Bertz CT molecular complexity index is 1270. The molecule has 1 aromatic heterocycles. The molecule has 10 heteroatoms. The topological polar surface area (TPSA) is 132 Å². The fourth-order valence-electron chi connectivity index (χ4n) is 4.86. The Balaban J connectivity index is 1.45. The van der Waals surface area contributed by atoms with Crippen LogP contribution in [0.15, 0.2) is 42.5 Å². The molecule has 0 unspecified atom stereocenters. The Morgan fingerprint density at radius 1 is 1.16 bits per heavy atom. The van der Waals surface area contributed by atoms with Crippen LogP contribution in [-0.4, -0.2) is 63.2 Å². The van der Waals surface area contributed by atoms with Gasteiger partial charge in [-0.2, -0.15) is 0 Å². The van der Waals surface area contributed by atoms with Crippen molar-refractivity contribution in [1.29, 1.82) is 0 Å². The van der Waals surface area contributed by atoms with Crippen molar-refractivity contribution in [2.45, 2.75) is 51.2 Å². The standard InChI is InChI=1S/C27H34N6O4/c1-17(34)4-10-22(28)27(36)33-16-20(12-18-5-8-21(37-3)9-6-18)14-25(33)26(35)29-15-19-7-11-24-23(13-19)30-31-32(24)2/h5-9,11,13,20,22,25H,4,10,12,14-16,28H2,1-3H3,(H,29,35)/t20-,22-,25+/m1/s1. The van der Waals surface area contributed by atoms with Crippen LogP contribution >= 0.6 is 0 Å². The van der Waals surface area contributed by atoms with Gasteiger partial charge in [-0.25, -0.2) is 4.68 Å². The van der Waals surface area contributed by atoms with E-state index in [4.69, 9.17) is 10.5 Å². The summed E-state index contributed by atoms with van der Waals surface area (Å²) in [6, 6.07) is 12.1. The Kier molecular flexibility index (Phi) is 8.17. The van der Waals surface area contributed by atoms with Gasteiger partial charge in [0.05, 0.1) is 18.7 Å². The van der Waals surface area contributed by atoms with E-state index in [2.05, 4.69) is 15.6 Å². The van der Waals surface area contributed by atoms with E-state index >= 15 is 0 Å². The Labute approximate surface area is 216 Å². The highest BCUT2D eigenvalue weighted by molar-refractivity contribution is 5.90. The zero-order valence-corrected chi connectivity index (χ0v) is 21.5. The molecule has 4 rings (SSSR count). The van der Waals surface area contributed by atoms with E-state index in [1.165, 1.54) is 6.92 Å². The molecule has 3 aromatic rings. The summed E-state index contributed by atoms with van der Waals surface area (Å²) in [5, 5.41) is 11.1. The third-order valence-electron chi connectivity index (χ3n) is 6.92. The van der Waals surface area contributed by atoms with Crippen LogP contribution < -0.4 is 15.8 Å². The minimum atomic E-state index is -0.821. The maximum absolute atomic E-state index is 13.3. The van der Waals surface area contributed by atoms with Crippen LogP contribution in [-0.2, 0) is 34.4 Å². The number of amides is 2. The number of nitrogens with one attached hydrogen (secondary N) is 1. The van der Waals surface area contributed by atoms with Gasteiger partial charge in [0.1, 0.15) is 23.1 Å². The Hall–Kier alpha value is -3.79. The molecule has 2 amide bonds. The number of hydrogen-bond acceptors (Lipinski definition) is 7. The number of carbonyl (C=O) groups excluding carboxylic acids is 3. The second-order valence-electron chi connectivity index (χ2n) is 9.76. The molecule has 0 aliphatic carbocycles. The van der Waals surface area contributed by atoms with Crippen LogP contribution in [0.25, 0.3) is 11.0 Å². The molecule has 37 heavy (non-hydrogen) atoms. The van der Waals surface area contributed by atoms with E-state index in [1.807, 2.05) is 49.5 Å². The first-order valence-corrected chi connectivity index (χ1v) is 12.5. The summed E-state index contributed by atoms with van der Waals surface area (Å²) >= 11 is 0. The summed E-state index contributed by atoms with van der Waals surface area (Å²) in [6.07, 6.45) is 1.76. The smallest absolute Gasteiger partial charge is 0.243 e. The summed E-state index contributed by atoms with van der Waals surface area (Å²) in [4.78, 5) is 39.6. The number of aryl methyl sites for hydroxylation is 1. The molecule has 3 atom stereocenters. The molecule has 0 bridgehead atoms. The van der Waals surface area contributed by atoms with Crippen molar-refractivity contribution in [3.05, 3.63) is 53.6 Å². The predicted octanol–water partition coefficient (Wildman–Crippen LogP) is 1.75. The van der Waals surface area contributed by atoms with Gasteiger partial charge in [0.25, 0.3) is 0 Å². The summed E-state index contributed by atoms with van der Waals surface area (Å²) in [7, 11) is 3.45. The van der Waals surface area contributed by atoms with Crippen LogP contribution in [0.4, 0.5) is 0 Å². The van der Waals surface area contributed by atoms with Crippen molar-refractivity contribution >= 4 is 28.6 Å². The van der Waals surface area contributed by atoms with E-state index in [1.54, 1.807) is 16.7 Å². The lowest BCUT2D eigenvalue weighted by molar-refractivity contribution is -0.139. The van der Waals surface area contributed by atoms with E-state index in [0.717, 1.165) is 34.3 Å². The fraction of sp³-hybridized carbons (Fsp3) is 0.444. The molecule has 0 radical (unpaired) electrons. The zero-order chi connectivity index (χ0) is 26.5. The largest absolute Gasteiger partial charge is 0.497 e. The van der Waals surface area contributed by atoms with Crippen molar-refractivity contribution in [2.75, 3.05) is 13.7 Å². The highest BCUT2D eigenvalue weighted by atomic mass is 16.5. The van der Waals surface area contributed by atoms with Crippen molar-refractivity contribution in [3.8, 4) is 5.75 Å². The third-order valence-corrected chi connectivity index (χ3v) is 6.92. The molecule has 0 spiro atoms. The van der Waals surface area contributed by atoms with Gasteiger partial charge in [0.2, 0.25) is 11.8 Å². The molecule has 0 saturated carbocycles. The maximum Gasteiger partial charge on any atom is 0.243 e. The number of hydrogen-bond donors (Lipinski definition) is 2. The number of nitrogens with zero attached hydrogens (tertiary/aromatic N) is 4. The third kappa shape index (κ3) is 6.32. The number of carbonyl (C=O) groups is 3. The van der Waals surface area contributed by atoms with Crippen molar-refractivity contribution in [1.82, 2.24) is 25.2 Å². The Morgan fingerprint density at radius 3 is 2.59 bits per heavy atom. The fourth-order valence-corrected chi connectivity index (χ4v) is 4.86. The molecule has 10 nitrogen and oxygen atoms in total. The molecule has 1 aliphatic heterocycles. The second-order valence-corrected chi connectivity index (χ2v) is 9.76. The van der Waals surface area contributed by atoms with E-state index in [-0.39, 0.29) is 36.4 Å².